The third kappa shape index (κ3) is 3.10. The molecule has 0 aliphatic carbocycles. The Morgan fingerprint density at radius 2 is 1.70 bits per heavy atom. The van der Waals surface area contributed by atoms with Crippen molar-refractivity contribution in [3.63, 3.8) is 0 Å². The summed E-state index contributed by atoms with van der Waals surface area (Å²) in [6.45, 7) is 1.47. The van der Waals surface area contributed by atoms with Crippen molar-refractivity contribution in [1.29, 1.82) is 0 Å². The highest BCUT2D eigenvalue weighted by Crippen LogP contribution is 2.32. The summed E-state index contributed by atoms with van der Waals surface area (Å²) in [6.07, 6.45) is 0. The van der Waals surface area contributed by atoms with Crippen LogP contribution in [0.2, 0.25) is 0 Å². The minimum Gasteiger partial charge on any atom is -0.493 e. The first-order valence-corrected chi connectivity index (χ1v) is 8.22. The van der Waals surface area contributed by atoms with E-state index >= 15 is 0 Å². The smallest absolute Gasteiger partial charge is 0.253 e. The zero-order valence-corrected chi connectivity index (χ0v) is 15.0. The van der Waals surface area contributed by atoms with Crippen molar-refractivity contribution in [2.24, 2.45) is 0 Å². The maximum Gasteiger partial charge on any atom is 0.253 e. The fraction of sp³-hybridized carbons (Fsp3) is 0.167. The van der Waals surface area contributed by atoms with Gasteiger partial charge in [-0.05, 0) is 24.3 Å². The predicted octanol–water partition coefficient (Wildman–Crippen LogP) is 2.93. The van der Waals surface area contributed by atoms with Gasteiger partial charge in [-0.15, -0.1) is 0 Å². The molecule has 0 atom stereocenters. The van der Waals surface area contributed by atoms with Gasteiger partial charge in [0.05, 0.1) is 25.3 Å². The van der Waals surface area contributed by atoms with E-state index in [0.717, 1.165) is 22.4 Å². The molecule has 2 aromatic heterocycles. The second-order valence-corrected chi connectivity index (χ2v) is 5.90. The van der Waals surface area contributed by atoms with Crippen LogP contribution in [0.3, 0.4) is 0 Å². The Bertz CT molecular complexity index is 1130. The van der Waals surface area contributed by atoms with Gasteiger partial charge in [-0.3, -0.25) is 9.89 Å². The zero-order chi connectivity index (χ0) is 19.0. The van der Waals surface area contributed by atoms with E-state index in [0.29, 0.717) is 23.2 Å². The van der Waals surface area contributed by atoms with E-state index in [9.17, 15) is 4.79 Å². The van der Waals surface area contributed by atoms with Crippen molar-refractivity contribution >= 4 is 40.0 Å². The van der Waals surface area contributed by atoms with Crippen LogP contribution < -0.4 is 20.1 Å². The molecule has 0 saturated carbocycles. The Kier molecular flexibility index (Phi) is 4.03. The first kappa shape index (κ1) is 16.7. The first-order chi connectivity index (χ1) is 13.1. The minimum absolute atomic E-state index is 0.109. The second kappa shape index (κ2) is 6.52. The monoisotopic (exact) mass is 366 g/mol. The molecule has 0 fully saturated rings. The number of H-pyrrole nitrogens is 1. The molecule has 27 heavy (non-hydrogen) atoms. The number of carbonyl (C=O) groups excluding carboxylic acids is 1. The molecule has 0 aliphatic rings. The standard InChI is InChI=1S/C18H18N6O3/c1-10(25)19-11-4-6-12(7-5-11)20-17-22-18-21-13-8-15(26-2)16(27-3)9-14(13)24(18)23-17/h4-9H,1-3H3,(H,19,25)(H2,20,21,22,23). The van der Waals surface area contributed by atoms with Gasteiger partial charge < -0.3 is 20.1 Å². The number of aromatic amines is 1. The number of hydrogen-bond donors (Lipinski definition) is 3. The molecular formula is C18H18N6O3. The third-order valence-corrected chi connectivity index (χ3v) is 4.04. The van der Waals surface area contributed by atoms with Gasteiger partial charge >= 0.3 is 0 Å². The molecule has 0 radical (unpaired) electrons. The summed E-state index contributed by atoms with van der Waals surface area (Å²) in [5, 5.41) is 9.08. The number of hydrogen-bond acceptors (Lipinski definition) is 6. The molecule has 2 heterocycles. The van der Waals surface area contributed by atoms with E-state index in [4.69, 9.17) is 9.47 Å². The Morgan fingerprint density at radius 3 is 2.37 bits per heavy atom. The van der Waals surface area contributed by atoms with Gasteiger partial charge in [0.1, 0.15) is 0 Å². The van der Waals surface area contributed by atoms with Crippen LogP contribution in [0, 0.1) is 0 Å². The van der Waals surface area contributed by atoms with E-state index in [-0.39, 0.29) is 5.91 Å². The van der Waals surface area contributed by atoms with Crippen molar-refractivity contribution in [2.45, 2.75) is 6.92 Å². The number of carbonyl (C=O) groups is 1. The number of amides is 1. The molecule has 3 N–H and O–H groups in total. The van der Waals surface area contributed by atoms with E-state index in [2.05, 4.69) is 25.7 Å². The number of fused-ring (bicyclic) bond motifs is 3. The summed E-state index contributed by atoms with van der Waals surface area (Å²) >= 11 is 0. The van der Waals surface area contributed by atoms with Gasteiger partial charge in [0.15, 0.2) is 11.5 Å². The lowest BCUT2D eigenvalue weighted by atomic mass is 10.3. The molecule has 0 bridgehead atoms. The van der Waals surface area contributed by atoms with Crippen molar-refractivity contribution in [1.82, 2.24) is 19.6 Å². The summed E-state index contributed by atoms with van der Waals surface area (Å²) in [5.74, 6) is 2.19. The summed E-state index contributed by atoms with van der Waals surface area (Å²) < 4.78 is 12.4. The summed E-state index contributed by atoms with van der Waals surface area (Å²) in [4.78, 5) is 20.1. The number of methoxy groups -OCH3 is 2. The number of anilines is 3. The first-order valence-electron chi connectivity index (χ1n) is 8.22. The van der Waals surface area contributed by atoms with Crippen LogP contribution in [-0.4, -0.2) is 39.7 Å². The number of nitrogens with one attached hydrogen (secondary N) is 3. The number of rotatable bonds is 5. The van der Waals surface area contributed by atoms with Crippen molar-refractivity contribution < 1.29 is 14.3 Å². The molecular weight excluding hydrogens is 348 g/mol. The zero-order valence-electron chi connectivity index (χ0n) is 15.0. The topological polar surface area (TPSA) is 106 Å². The molecule has 0 unspecified atom stereocenters. The second-order valence-electron chi connectivity index (χ2n) is 5.90. The molecule has 0 aliphatic heterocycles. The van der Waals surface area contributed by atoms with Crippen molar-refractivity contribution in [3.8, 4) is 11.5 Å². The molecule has 9 heteroatoms. The summed E-state index contributed by atoms with van der Waals surface area (Å²) in [5.41, 5.74) is 3.13. The van der Waals surface area contributed by atoms with Gasteiger partial charge in [0.25, 0.3) is 5.78 Å². The van der Waals surface area contributed by atoms with Crippen LogP contribution in [0.15, 0.2) is 36.4 Å². The molecule has 1 amide bonds. The van der Waals surface area contributed by atoms with Gasteiger partial charge in [-0.2, -0.15) is 4.98 Å². The highest BCUT2D eigenvalue weighted by Gasteiger charge is 2.14. The lowest BCUT2D eigenvalue weighted by Gasteiger charge is -2.07. The molecule has 0 spiro atoms. The predicted molar refractivity (Wildman–Crippen MR) is 102 cm³/mol. The highest BCUT2D eigenvalue weighted by molar-refractivity contribution is 5.89. The minimum atomic E-state index is -0.109. The van der Waals surface area contributed by atoms with Gasteiger partial charge in [0.2, 0.25) is 11.9 Å². The molecule has 2 aromatic carbocycles. The molecule has 0 saturated heterocycles. The Balaban J connectivity index is 1.64. The lowest BCUT2D eigenvalue weighted by molar-refractivity contribution is -0.114. The number of ether oxygens (including phenoxy) is 2. The van der Waals surface area contributed by atoms with E-state index in [1.807, 2.05) is 36.4 Å². The molecule has 4 rings (SSSR count). The van der Waals surface area contributed by atoms with Crippen LogP contribution in [0.5, 0.6) is 11.5 Å². The van der Waals surface area contributed by atoms with Crippen LogP contribution in [0.4, 0.5) is 17.3 Å². The van der Waals surface area contributed by atoms with Crippen molar-refractivity contribution in [3.05, 3.63) is 36.4 Å². The fourth-order valence-electron chi connectivity index (χ4n) is 2.84. The number of imidazole rings is 1. The average molecular weight is 366 g/mol. The van der Waals surface area contributed by atoms with Gasteiger partial charge in [-0.25, -0.2) is 9.50 Å². The number of nitrogens with zero attached hydrogens (tertiary/aromatic N) is 3. The molecule has 138 valence electrons. The van der Waals surface area contributed by atoms with E-state index in [1.54, 1.807) is 18.7 Å². The number of aromatic nitrogens is 4. The van der Waals surface area contributed by atoms with Crippen LogP contribution in [0.1, 0.15) is 6.92 Å². The third-order valence-electron chi connectivity index (χ3n) is 4.04. The van der Waals surface area contributed by atoms with Gasteiger partial charge in [-0.1, -0.05) is 0 Å². The van der Waals surface area contributed by atoms with Crippen LogP contribution >= 0.6 is 0 Å². The van der Waals surface area contributed by atoms with Crippen LogP contribution in [-0.2, 0) is 4.79 Å². The SMILES string of the molecule is COc1cc2nc3nc(Nc4ccc(NC(C)=O)cc4)[nH]n3c2cc1OC. The maximum atomic E-state index is 11.1. The summed E-state index contributed by atoms with van der Waals surface area (Å²) in [6, 6.07) is 11.0. The van der Waals surface area contributed by atoms with Crippen LogP contribution in [0.25, 0.3) is 16.8 Å². The van der Waals surface area contributed by atoms with E-state index < -0.39 is 0 Å². The highest BCUT2D eigenvalue weighted by atomic mass is 16.5. The van der Waals surface area contributed by atoms with Gasteiger partial charge in [0, 0.05) is 30.4 Å². The molecule has 9 nitrogen and oxygen atoms in total. The Labute approximate surface area is 154 Å². The van der Waals surface area contributed by atoms with Crippen molar-refractivity contribution in [2.75, 3.05) is 24.9 Å². The Morgan fingerprint density at radius 1 is 1.04 bits per heavy atom. The lowest BCUT2D eigenvalue weighted by Crippen LogP contribution is -2.05. The largest absolute Gasteiger partial charge is 0.493 e. The quantitative estimate of drug-likeness (QED) is 0.501. The fourth-order valence-corrected chi connectivity index (χ4v) is 2.84. The molecule has 4 aromatic rings. The maximum absolute atomic E-state index is 11.1. The normalized spacial score (nSPS) is 10.9. The average Bonchev–Trinajstić information content (AvgIpc) is 3.18. The van der Waals surface area contributed by atoms with E-state index in [1.165, 1.54) is 6.92 Å². The summed E-state index contributed by atoms with van der Waals surface area (Å²) in [7, 11) is 3.18. The number of benzene rings is 2. The Hall–Kier alpha value is -3.75.